The van der Waals surface area contributed by atoms with Gasteiger partial charge in [-0.3, -0.25) is 4.99 Å². The van der Waals surface area contributed by atoms with Crippen LogP contribution < -0.4 is 10.6 Å². The number of aliphatic imine (C=N–C) groups is 1. The van der Waals surface area contributed by atoms with Crippen LogP contribution in [0, 0.1) is 5.92 Å². The third-order valence-electron chi connectivity index (χ3n) is 5.41. The van der Waals surface area contributed by atoms with Crippen LogP contribution >= 0.6 is 0 Å². The van der Waals surface area contributed by atoms with Gasteiger partial charge in [-0.15, -0.1) is 0 Å². The molecular weight excluding hydrogens is 338 g/mol. The molecule has 0 amide bonds. The summed E-state index contributed by atoms with van der Waals surface area (Å²) in [5.41, 5.74) is -0.670. The minimum atomic E-state index is -0.670. The van der Waals surface area contributed by atoms with E-state index in [0.29, 0.717) is 12.5 Å². The highest BCUT2D eigenvalue weighted by Crippen LogP contribution is 2.19. The first-order valence-corrected chi connectivity index (χ1v) is 11.2. The smallest absolute Gasteiger partial charge is 0.191 e. The van der Waals surface area contributed by atoms with Crippen LogP contribution in [0.4, 0.5) is 0 Å². The lowest BCUT2D eigenvalue weighted by Crippen LogP contribution is -2.48. The highest BCUT2D eigenvalue weighted by Gasteiger charge is 2.24. The fourth-order valence-corrected chi connectivity index (χ4v) is 3.85. The molecule has 3 N–H and O–H groups in total. The second kappa shape index (κ2) is 13.3. The number of likely N-dealkylation sites (N-methyl/N-ethyl adjacent to an activating group) is 1. The van der Waals surface area contributed by atoms with Crippen LogP contribution in [0.1, 0.15) is 60.3 Å². The van der Waals surface area contributed by atoms with Crippen molar-refractivity contribution in [3.05, 3.63) is 0 Å². The van der Waals surface area contributed by atoms with Crippen LogP contribution in [0.2, 0.25) is 0 Å². The number of aliphatic hydroxyl groups is 1. The molecule has 0 aromatic carbocycles. The zero-order valence-electron chi connectivity index (χ0n) is 18.6. The number of hydrogen-bond donors (Lipinski definition) is 3. The van der Waals surface area contributed by atoms with Crippen LogP contribution in [0.25, 0.3) is 0 Å². The SMILES string of the molecule is CCCC(O)(CCC)CN=C(NCC)NCC(C)CN1CCN(CC)CC1. The van der Waals surface area contributed by atoms with Gasteiger partial charge in [0, 0.05) is 45.8 Å². The Labute approximate surface area is 167 Å². The Bertz CT molecular complexity index is 401. The Balaban J connectivity index is 2.46. The Morgan fingerprint density at radius 2 is 1.59 bits per heavy atom. The summed E-state index contributed by atoms with van der Waals surface area (Å²) < 4.78 is 0. The number of guanidine groups is 1. The van der Waals surface area contributed by atoms with E-state index in [1.54, 1.807) is 0 Å². The molecule has 27 heavy (non-hydrogen) atoms. The summed E-state index contributed by atoms with van der Waals surface area (Å²) in [5, 5.41) is 17.6. The molecule has 6 nitrogen and oxygen atoms in total. The zero-order valence-corrected chi connectivity index (χ0v) is 18.6. The maximum atomic E-state index is 10.8. The van der Waals surface area contributed by atoms with Crippen molar-refractivity contribution in [2.75, 3.05) is 58.9 Å². The molecule has 1 fully saturated rings. The molecule has 1 unspecified atom stereocenters. The standard InChI is InChI=1S/C21H45N5O/c1-6-10-21(27,11-7-2)18-24-20(22-8-3)23-16-19(5)17-26-14-12-25(9-4)13-15-26/h19,27H,6-18H2,1-5H3,(H2,22,23,24). The molecule has 1 aliphatic heterocycles. The molecule has 0 radical (unpaired) electrons. The molecule has 6 heteroatoms. The van der Waals surface area contributed by atoms with Gasteiger partial charge >= 0.3 is 0 Å². The Hall–Kier alpha value is -0.850. The van der Waals surface area contributed by atoms with Crippen molar-refractivity contribution in [2.24, 2.45) is 10.9 Å². The Morgan fingerprint density at radius 1 is 1.00 bits per heavy atom. The summed E-state index contributed by atoms with van der Waals surface area (Å²) in [5.74, 6) is 1.39. The number of hydrogen-bond acceptors (Lipinski definition) is 4. The molecule has 1 atom stereocenters. The molecule has 160 valence electrons. The average Bonchev–Trinajstić information content (AvgIpc) is 2.65. The van der Waals surface area contributed by atoms with Crippen molar-refractivity contribution < 1.29 is 5.11 Å². The minimum absolute atomic E-state index is 0.470. The molecule has 0 aliphatic carbocycles. The maximum absolute atomic E-state index is 10.8. The first kappa shape index (κ1) is 24.2. The van der Waals surface area contributed by atoms with E-state index in [9.17, 15) is 5.11 Å². The molecule has 0 aromatic heterocycles. The summed E-state index contributed by atoms with van der Waals surface area (Å²) in [6.45, 7) is 20.1. The fraction of sp³-hybridized carbons (Fsp3) is 0.952. The third-order valence-corrected chi connectivity index (χ3v) is 5.41. The quantitative estimate of drug-likeness (QED) is 0.356. The predicted octanol–water partition coefficient (Wildman–Crippen LogP) is 2.15. The fourth-order valence-electron chi connectivity index (χ4n) is 3.85. The van der Waals surface area contributed by atoms with E-state index < -0.39 is 5.60 Å². The van der Waals surface area contributed by atoms with Crippen LogP contribution in [-0.2, 0) is 0 Å². The summed E-state index contributed by atoms with van der Waals surface area (Å²) in [4.78, 5) is 9.78. The molecule has 0 bridgehead atoms. The molecular formula is C21H45N5O. The van der Waals surface area contributed by atoms with Crippen molar-refractivity contribution in [3.63, 3.8) is 0 Å². The topological polar surface area (TPSA) is 63.1 Å². The van der Waals surface area contributed by atoms with Gasteiger partial charge in [0.25, 0.3) is 0 Å². The lowest BCUT2D eigenvalue weighted by atomic mass is 9.93. The molecule has 0 aromatic rings. The lowest BCUT2D eigenvalue weighted by molar-refractivity contribution is 0.0306. The molecule has 0 spiro atoms. The van der Waals surface area contributed by atoms with Crippen LogP contribution in [-0.4, -0.2) is 85.4 Å². The van der Waals surface area contributed by atoms with Gasteiger partial charge in [-0.2, -0.15) is 0 Å². The summed E-state index contributed by atoms with van der Waals surface area (Å²) in [6, 6.07) is 0. The number of rotatable bonds is 12. The van der Waals surface area contributed by atoms with Gasteiger partial charge < -0.3 is 25.5 Å². The van der Waals surface area contributed by atoms with E-state index >= 15 is 0 Å². The van der Waals surface area contributed by atoms with Gasteiger partial charge in [0.05, 0.1) is 12.1 Å². The van der Waals surface area contributed by atoms with Crippen molar-refractivity contribution >= 4 is 5.96 Å². The first-order valence-electron chi connectivity index (χ1n) is 11.2. The highest BCUT2D eigenvalue weighted by molar-refractivity contribution is 5.79. The molecule has 1 aliphatic rings. The minimum Gasteiger partial charge on any atom is -0.388 e. The molecule has 1 heterocycles. The van der Waals surface area contributed by atoms with Crippen molar-refractivity contribution in [1.82, 2.24) is 20.4 Å². The second-order valence-corrected chi connectivity index (χ2v) is 8.14. The van der Waals surface area contributed by atoms with E-state index in [1.165, 1.54) is 26.2 Å². The van der Waals surface area contributed by atoms with Gasteiger partial charge in [-0.1, -0.05) is 40.5 Å². The van der Waals surface area contributed by atoms with E-state index in [0.717, 1.165) is 57.8 Å². The predicted molar refractivity (Wildman–Crippen MR) is 116 cm³/mol. The first-order chi connectivity index (χ1) is 13.0. The Morgan fingerprint density at radius 3 is 2.11 bits per heavy atom. The van der Waals surface area contributed by atoms with Crippen LogP contribution in [0.3, 0.4) is 0 Å². The monoisotopic (exact) mass is 383 g/mol. The molecule has 0 saturated carbocycles. The van der Waals surface area contributed by atoms with Gasteiger partial charge in [0.1, 0.15) is 0 Å². The zero-order chi connectivity index (χ0) is 20.1. The van der Waals surface area contributed by atoms with Crippen LogP contribution in [0.5, 0.6) is 0 Å². The summed E-state index contributed by atoms with van der Waals surface area (Å²) in [7, 11) is 0. The van der Waals surface area contributed by atoms with Gasteiger partial charge in [0.2, 0.25) is 0 Å². The highest BCUT2D eigenvalue weighted by atomic mass is 16.3. The normalized spacial score (nSPS) is 18.5. The summed E-state index contributed by atoms with van der Waals surface area (Å²) in [6.07, 6.45) is 3.59. The van der Waals surface area contributed by atoms with Gasteiger partial charge in [-0.05, 0) is 32.2 Å². The van der Waals surface area contributed by atoms with Gasteiger partial charge in [-0.25, -0.2) is 0 Å². The number of nitrogens with zero attached hydrogens (tertiary/aromatic N) is 3. The van der Waals surface area contributed by atoms with Crippen LogP contribution in [0.15, 0.2) is 4.99 Å². The molecule has 1 rings (SSSR count). The molecule has 1 saturated heterocycles. The largest absolute Gasteiger partial charge is 0.388 e. The van der Waals surface area contributed by atoms with E-state index in [2.05, 4.69) is 60.0 Å². The Kier molecular flexibility index (Phi) is 12.0. The number of nitrogens with one attached hydrogen (secondary N) is 2. The van der Waals surface area contributed by atoms with Crippen molar-refractivity contribution in [2.45, 2.75) is 65.9 Å². The van der Waals surface area contributed by atoms with Crippen molar-refractivity contribution in [1.29, 1.82) is 0 Å². The maximum Gasteiger partial charge on any atom is 0.191 e. The van der Waals surface area contributed by atoms with Crippen molar-refractivity contribution in [3.8, 4) is 0 Å². The number of piperazine rings is 1. The lowest BCUT2D eigenvalue weighted by Gasteiger charge is -2.35. The third kappa shape index (κ3) is 9.77. The van der Waals surface area contributed by atoms with E-state index in [4.69, 9.17) is 0 Å². The van der Waals surface area contributed by atoms with E-state index in [1.807, 2.05) is 0 Å². The van der Waals surface area contributed by atoms with Gasteiger partial charge in [0.15, 0.2) is 5.96 Å². The average molecular weight is 384 g/mol. The second-order valence-electron chi connectivity index (χ2n) is 8.14. The summed E-state index contributed by atoms with van der Waals surface area (Å²) >= 11 is 0. The van der Waals surface area contributed by atoms with E-state index in [-0.39, 0.29) is 0 Å².